The number of halogens is 1. The SMILES string of the molecule is CCCCC(CN)Nc1cnn(CCC)c(=O)c1Br. The maximum atomic E-state index is 12.0. The van der Waals surface area contributed by atoms with Crippen LogP contribution in [0.1, 0.15) is 39.5 Å². The van der Waals surface area contributed by atoms with Crippen molar-refractivity contribution in [3.8, 4) is 0 Å². The average Bonchev–Trinajstić information content (AvgIpc) is 2.42. The van der Waals surface area contributed by atoms with Gasteiger partial charge in [0, 0.05) is 19.1 Å². The van der Waals surface area contributed by atoms with Gasteiger partial charge < -0.3 is 11.1 Å². The fourth-order valence-corrected chi connectivity index (χ4v) is 2.28. The lowest BCUT2D eigenvalue weighted by atomic mass is 10.1. The van der Waals surface area contributed by atoms with Crippen LogP contribution in [0.2, 0.25) is 0 Å². The third kappa shape index (κ3) is 4.62. The Bertz CT molecular complexity index is 447. The molecule has 0 aromatic carbocycles. The fourth-order valence-electron chi connectivity index (χ4n) is 1.86. The molecule has 0 saturated carbocycles. The third-order valence-corrected chi connectivity index (χ3v) is 3.74. The van der Waals surface area contributed by atoms with Crippen LogP contribution in [-0.2, 0) is 6.54 Å². The topological polar surface area (TPSA) is 72.9 Å². The van der Waals surface area contributed by atoms with E-state index in [1.165, 1.54) is 4.68 Å². The van der Waals surface area contributed by atoms with Crippen molar-refractivity contribution in [2.24, 2.45) is 5.73 Å². The number of nitrogens with zero attached hydrogens (tertiary/aromatic N) is 2. The Balaban J connectivity index is 2.83. The van der Waals surface area contributed by atoms with Crippen LogP contribution in [0.5, 0.6) is 0 Å². The molecule has 0 amide bonds. The molecule has 1 aromatic rings. The predicted octanol–water partition coefficient (Wildman–Crippen LogP) is 2.35. The van der Waals surface area contributed by atoms with E-state index in [-0.39, 0.29) is 11.6 Å². The summed E-state index contributed by atoms with van der Waals surface area (Å²) in [5.74, 6) is 0. The minimum atomic E-state index is -0.0990. The number of nitrogens with one attached hydrogen (secondary N) is 1. The van der Waals surface area contributed by atoms with Gasteiger partial charge in [0.2, 0.25) is 0 Å². The van der Waals surface area contributed by atoms with E-state index in [0.29, 0.717) is 17.6 Å². The largest absolute Gasteiger partial charge is 0.379 e. The van der Waals surface area contributed by atoms with Gasteiger partial charge in [-0.15, -0.1) is 0 Å². The minimum absolute atomic E-state index is 0.0990. The van der Waals surface area contributed by atoms with E-state index < -0.39 is 0 Å². The summed E-state index contributed by atoms with van der Waals surface area (Å²) < 4.78 is 2.00. The van der Waals surface area contributed by atoms with E-state index in [1.54, 1.807) is 6.20 Å². The van der Waals surface area contributed by atoms with Crippen LogP contribution in [0.15, 0.2) is 15.5 Å². The first-order valence-electron chi connectivity index (χ1n) is 6.86. The molecule has 3 N–H and O–H groups in total. The molecule has 5 nitrogen and oxygen atoms in total. The highest BCUT2D eigenvalue weighted by molar-refractivity contribution is 9.10. The van der Waals surface area contributed by atoms with E-state index in [2.05, 4.69) is 33.3 Å². The van der Waals surface area contributed by atoms with E-state index in [9.17, 15) is 4.79 Å². The zero-order valence-electron chi connectivity index (χ0n) is 11.7. The number of nitrogens with two attached hydrogens (primary N) is 1. The molecule has 0 bridgehead atoms. The third-order valence-electron chi connectivity index (χ3n) is 2.97. The van der Waals surface area contributed by atoms with Gasteiger partial charge in [-0.25, -0.2) is 4.68 Å². The van der Waals surface area contributed by atoms with Crippen LogP contribution < -0.4 is 16.6 Å². The molecule has 1 unspecified atom stereocenters. The first kappa shape index (κ1) is 16.2. The number of unbranched alkanes of at least 4 members (excludes halogenated alkanes) is 1. The molecule has 0 saturated heterocycles. The van der Waals surface area contributed by atoms with Crippen molar-refractivity contribution in [3.05, 3.63) is 21.0 Å². The van der Waals surface area contributed by atoms with Crippen molar-refractivity contribution >= 4 is 21.6 Å². The molecular formula is C13H23BrN4O. The van der Waals surface area contributed by atoms with Crippen molar-refractivity contribution in [2.75, 3.05) is 11.9 Å². The lowest BCUT2D eigenvalue weighted by Crippen LogP contribution is -2.31. The molecule has 0 radical (unpaired) electrons. The zero-order valence-corrected chi connectivity index (χ0v) is 13.2. The molecule has 6 heteroatoms. The van der Waals surface area contributed by atoms with Crippen LogP contribution in [0, 0.1) is 0 Å². The van der Waals surface area contributed by atoms with Crippen LogP contribution in [0.3, 0.4) is 0 Å². The fraction of sp³-hybridized carbons (Fsp3) is 0.692. The molecule has 1 atom stereocenters. The van der Waals surface area contributed by atoms with Gasteiger partial charge in [0.25, 0.3) is 5.56 Å². The second-order valence-corrected chi connectivity index (χ2v) is 5.41. The average molecular weight is 331 g/mol. The van der Waals surface area contributed by atoms with E-state index in [0.717, 1.165) is 31.4 Å². The van der Waals surface area contributed by atoms with Gasteiger partial charge >= 0.3 is 0 Å². The second kappa shape index (κ2) is 8.32. The molecule has 0 aliphatic carbocycles. The summed E-state index contributed by atoms with van der Waals surface area (Å²) in [6.07, 6.45) is 5.82. The van der Waals surface area contributed by atoms with Crippen molar-refractivity contribution in [2.45, 2.75) is 52.1 Å². The Morgan fingerprint density at radius 2 is 2.21 bits per heavy atom. The summed E-state index contributed by atoms with van der Waals surface area (Å²) >= 11 is 3.35. The van der Waals surface area contributed by atoms with Crippen molar-refractivity contribution in [1.82, 2.24) is 9.78 Å². The Labute approximate surface area is 122 Å². The Morgan fingerprint density at radius 1 is 1.47 bits per heavy atom. The molecule has 0 aliphatic rings. The maximum Gasteiger partial charge on any atom is 0.283 e. The number of hydrogen-bond donors (Lipinski definition) is 2. The molecule has 1 aromatic heterocycles. The zero-order chi connectivity index (χ0) is 14.3. The van der Waals surface area contributed by atoms with Gasteiger partial charge in [0.05, 0.1) is 11.9 Å². The smallest absolute Gasteiger partial charge is 0.283 e. The van der Waals surface area contributed by atoms with Gasteiger partial charge in [0.1, 0.15) is 4.47 Å². The molecule has 0 fully saturated rings. The lowest BCUT2D eigenvalue weighted by molar-refractivity contribution is 0.563. The first-order chi connectivity index (χ1) is 9.13. The number of anilines is 1. The van der Waals surface area contributed by atoms with Crippen LogP contribution in [-0.4, -0.2) is 22.4 Å². The normalized spacial score (nSPS) is 12.4. The highest BCUT2D eigenvalue weighted by Gasteiger charge is 2.12. The lowest BCUT2D eigenvalue weighted by Gasteiger charge is -2.18. The highest BCUT2D eigenvalue weighted by Crippen LogP contribution is 2.18. The second-order valence-electron chi connectivity index (χ2n) is 4.62. The molecule has 0 aliphatic heterocycles. The first-order valence-corrected chi connectivity index (χ1v) is 7.65. The molecule has 0 spiro atoms. The van der Waals surface area contributed by atoms with E-state index in [1.807, 2.05) is 6.92 Å². The summed E-state index contributed by atoms with van der Waals surface area (Å²) in [4.78, 5) is 12.0. The van der Waals surface area contributed by atoms with Crippen LogP contribution in [0.4, 0.5) is 5.69 Å². The van der Waals surface area contributed by atoms with Gasteiger partial charge in [-0.05, 0) is 28.8 Å². The number of aryl methyl sites for hydroxylation is 1. The van der Waals surface area contributed by atoms with Crippen molar-refractivity contribution in [1.29, 1.82) is 0 Å². The number of hydrogen-bond acceptors (Lipinski definition) is 4. The summed E-state index contributed by atoms with van der Waals surface area (Å²) in [5.41, 5.74) is 6.37. The van der Waals surface area contributed by atoms with Gasteiger partial charge in [-0.1, -0.05) is 26.7 Å². The minimum Gasteiger partial charge on any atom is -0.379 e. The van der Waals surface area contributed by atoms with Crippen molar-refractivity contribution < 1.29 is 0 Å². The number of rotatable bonds is 8. The Kier molecular flexibility index (Phi) is 7.09. The highest BCUT2D eigenvalue weighted by atomic mass is 79.9. The molecule has 1 rings (SSSR count). The number of aromatic nitrogens is 2. The van der Waals surface area contributed by atoms with Crippen molar-refractivity contribution in [3.63, 3.8) is 0 Å². The molecule has 19 heavy (non-hydrogen) atoms. The molecular weight excluding hydrogens is 308 g/mol. The summed E-state index contributed by atoms with van der Waals surface area (Å²) in [6.45, 7) is 5.35. The standard InChI is InChI=1S/C13H23BrN4O/c1-3-5-6-10(8-15)17-11-9-16-18(7-4-2)13(19)12(11)14/h9-10,17H,3-8,15H2,1-2H3. The molecule has 1 heterocycles. The maximum absolute atomic E-state index is 12.0. The van der Waals surface area contributed by atoms with Gasteiger partial charge in [-0.3, -0.25) is 4.79 Å². The van der Waals surface area contributed by atoms with Crippen LogP contribution in [0.25, 0.3) is 0 Å². The summed E-state index contributed by atoms with van der Waals surface area (Å²) in [6, 6.07) is 0.180. The predicted molar refractivity (Wildman–Crippen MR) is 82.5 cm³/mol. The van der Waals surface area contributed by atoms with E-state index in [4.69, 9.17) is 5.73 Å². The quantitative estimate of drug-likeness (QED) is 0.767. The van der Waals surface area contributed by atoms with Gasteiger partial charge in [0.15, 0.2) is 0 Å². The Hall–Kier alpha value is -0.880. The Morgan fingerprint density at radius 3 is 2.79 bits per heavy atom. The molecule has 108 valence electrons. The van der Waals surface area contributed by atoms with E-state index >= 15 is 0 Å². The van der Waals surface area contributed by atoms with Gasteiger partial charge in [-0.2, -0.15) is 5.10 Å². The monoisotopic (exact) mass is 330 g/mol. The van der Waals surface area contributed by atoms with Crippen LogP contribution >= 0.6 is 15.9 Å². The summed E-state index contributed by atoms with van der Waals surface area (Å²) in [5, 5.41) is 7.46. The summed E-state index contributed by atoms with van der Waals surface area (Å²) in [7, 11) is 0.